The zero-order chi connectivity index (χ0) is 23.6. The van der Waals surface area contributed by atoms with Crippen molar-refractivity contribution in [2.45, 2.75) is 89.2 Å². The van der Waals surface area contributed by atoms with Crippen LogP contribution in [0, 0.1) is 11.2 Å². The zero-order valence-corrected chi connectivity index (χ0v) is 20.5. The monoisotopic (exact) mass is 475 g/mol. The van der Waals surface area contributed by atoms with E-state index in [1.54, 1.807) is 6.07 Å². The van der Waals surface area contributed by atoms with Crippen LogP contribution in [0.4, 0.5) is 15.9 Å². The lowest BCUT2D eigenvalue weighted by Crippen LogP contribution is -2.14. The Bertz CT molecular complexity index is 1030. The molecule has 2 fully saturated rings. The molecule has 2 aromatic rings. The quantitative estimate of drug-likeness (QED) is 0.513. The molecule has 33 heavy (non-hydrogen) atoms. The Labute approximate surface area is 197 Å². The number of aromatic nitrogens is 2. The van der Waals surface area contributed by atoms with Gasteiger partial charge in [0.25, 0.3) is 0 Å². The molecule has 5 rings (SSSR count). The summed E-state index contributed by atoms with van der Waals surface area (Å²) >= 11 is 0. The smallest absolute Gasteiger partial charge is 0.306 e. The van der Waals surface area contributed by atoms with E-state index in [1.165, 1.54) is 12.8 Å². The first-order valence-electron chi connectivity index (χ1n) is 11.9. The maximum absolute atomic E-state index is 14.7. The van der Waals surface area contributed by atoms with Crippen LogP contribution in [0.15, 0.2) is 18.2 Å². The van der Waals surface area contributed by atoms with Crippen LogP contribution in [0.1, 0.15) is 88.5 Å². The van der Waals surface area contributed by atoms with E-state index >= 15 is 0 Å². The SMILES string of the molecule is CC1(C)CC1.CCCC(=O)OC1CCC(c2cc(Nc3ccc4c(c3F)CS(=O)C4)n[nH]2)C1. The fourth-order valence-corrected chi connectivity index (χ4v) is 5.56. The minimum absolute atomic E-state index is 0.0428. The molecule has 6 nitrogen and oxygen atoms in total. The lowest BCUT2D eigenvalue weighted by Gasteiger charge is -2.11. The molecule has 2 N–H and O–H groups in total. The lowest BCUT2D eigenvalue weighted by atomic mass is 10.0. The number of halogens is 1. The van der Waals surface area contributed by atoms with Crippen LogP contribution in [-0.4, -0.2) is 26.5 Å². The molecule has 0 saturated heterocycles. The second-order valence-electron chi connectivity index (χ2n) is 10.2. The number of aromatic amines is 1. The Morgan fingerprint density at radius 3 is 2.76 bits per heavy atom. The van der Waals surface area contributed by atoms with Crippen LogP contribution >= 0.6 is 0 Å². The largest absolute Gasteiger partial charge is 0.462 e. The number of fused-ring (bicyclic) bond motifs is 1. The first-order chi connectivity index (χ1) is 15.7. The van der Waals surface area contributed by atoms with E-state index in [2.05, 4.69) is 29.4 Å². The molecule has 1 aliphatic heterocycles. The molecule has 1 aromatic heterocycles. The summed E-state index contributed by atoms with van der Waals surface area (Å²) in [4.78, 5) is 11.7. The molecule has 0 bridgehead atoms. The third-order valence-electron chi connectivity index (χ3n) is 6.65. The summed E-state index contributed by atoms with van der Waals surface area (Å²) in [5, 5.41) is 10.3. The van der Waals surface area contributed by atoms with Crippen molar-refractivity contribution in [3.05, 3.63) is 40.8 Å². The van der Waals surface area contributed by atoms with E-state index < -0.39 is 10.8 Å². The maximum Gasteiger partial charge on any atom is 0.306 e. The number of hydrogen-bond donors (Lipinski definition) is 2. The summed E-state index contributed by atoms with van der Waals surface area (Å²) in [7, 11) is -1.02. The van der Waals surface area contributed by atoms with Gasteiger partial charge in [0.1, 0.15) is 6.10 Å². The van der Waals surface area contributed by atoms with Crippen molar-refractivity contribution >= 4 is 28.3 Å². The Morgan fingerprint density at radius 2 is 2.06 bits per heavy atom. The van der Waals surface area contributed by atoms with Gasteiger partial charge in [0, 0.05) is 46.2 Å². The molecule has 8 heteroatoms. The number of nitrogens with one attached hydrogen (secondary N) is 2. The second kappa shape index (κ2) is 9.95. The molecule has 0 radical (unpaired) electrons. The Balaban J connectivity index is 0.000000459. The van der Waals surface area contributed by atoms with Crippen LogP contribution in [0.2, 0.25) is 0 Å². The number of anilines is 2. The first kappa shape index (κ1) is 23.9. The minimum atomic E-state index is -1.02. The van der Waals surface area contributed by atoms with Crippen molar-refractivity contribution in [1.82, 2.24) is 10.2 Å². The number of hydrogen-bond acceptors (Lipinski definition) is 5. The van der Waals surface area contributed by atoms with Crippen LogP contribution in [0.3, 0.4) is 0 Å². The van der Waals surface area contributed by atoms with E-state index in [1.807, 2.05) is 19.1 Å². The zero-order valence-electron chi connectivity index (χ0n) is 19.7. The van der Waals surface area contributed by atoms with Gasteiger partial charge in [0.05, 0.1) is 11.4 Å². The van der Waals surface area contributed by atoms with Gasteiger partial charge < -0.3 is 10.1 Å². The van der Waals surface area contributed by atoms with Gasteiger partial charge in [-0.3, -0.25) is 14.1 Å². The molecule has 0 amide bonds. The van der Waals surface area contributed by atoms with E-state index in [0.29, 0.717) is 29.2 Å². The van der Waals surface area contributed by atoms with Crippen LogP contribution < -0.4 is 5.32 Å². The first-order valence-corrected chi connectivity index (χ1v) is 13.4. The molecule has 2 aliphatic carbocycles. The molecule has 2 saturated carbocycles. The predicted octanol–water partition coefficient (Wildman–Crippen LogP) is 5.84. The molecular formula is C25H34FN3O3S. The Hall–Kier alpha value is -2.22. The average Bonchev–Trinajstić information content (AvgIpc) is 3.18. The summed E-state index contributed by atoms with van der Waals surface area (Å²) in [6, 6.07) is 5.38. The van der Waals surface area contributed by atoms with Gasteiger partial charge in [-0.1, -0.05) is 26.8 Å². The molecule has 3 unspecified atom stereocenters. The maximum atomic E-state index is 14.7. The summed E-state index contributed by atoms with van der Waals surface area (Å²) < 4.78 is 31.9. The van der Waals surface area contributed by atoms with E-state index in [4.69, 9.17) is 4.74 Å². The Kier molecular flexibility index (Phi) is 7.22. The number of nitrogens with zero attached hydrogens (tertiary/aromatic N) is 1. The standard InChI is InChI=1S/C20H24FN3O3S.C5H10/c1-2-3-19(25)27-14-6-4-12(8-14)17-9-18(24-23-17)22-16-7-5-13-10-28(26)11-15(13)20(16)21;1-5(2)3-4-5/h5,7,9,12,14H,2-4,6,8,10-11H2,1H3,(H2,22,23,24);3-4H2,1-2H3. The van der Waals surface area contributed by atoms with Crippen molar-refractivity contribution < 1.29 is 18.1 Å². The molecule has 1 aromatic carbocycles. The summed E-state index contributed by atoms with van der Waals surface area (Å²) in [5.41, 5.74) is 3.40. The normalized spacial score (nSPS) is 24.5. The van der Waals surface area contributed by atoms with E-state index in [0.717, 1.165) is 42.4 Å². The molecule has 3 aliphatic rings. The molecule has 0 spiro atoms. The van der Waals surface area contributed by atoms with E-state index in [9.17, 15) is 13.4 Å². The molecule has 3 atom stereocenters. The molecule has 180 valence electrons. The fraction of sp³-hybridized carbons (Fsp3) is 0.600. The molecular weight excluding hydrogens is 441 g/mol. The van der Waals surface area contributed by atoms with Crippen molar-refractivity contribution in [2.75, 3.05) is 5.32 Å². The van der Waals surface area contributed by atoms with Gasteiger partial charge in [-0.05, 0) is 55.6 Å². The van der Waals surface area contributed by atoms with E-state index in [-0.39, 0.29) is 29.6 Å². The number of carbonyl (C=O) groups excluding carboxylic acids is 1. The van der Waals surface area contributed by atoms with Crippen LogP contribution in [0.5, 0.6) is 0 Å². The number of H-pyrrole nitrogens is 1. The number of ether oxygens (including phenoxy) is 1. The van der Waals surface area contributed by atoms with Crippen LogP contribution in [-0.2, 0) is 31.8 Å². The topological polar surface area (TPSA) is 84.1 Å². The summed E-state index contributed by atoms with van der Waals surface area (Å²) in [6.45, 7) is 6.56. The van der Waals surface area contributed by atoms with Gasteiger partial charge in [-0.15, -0.1) is 0 Å². The third kappa shape index (κ3) is 6.22. The van der Waals surface area contributed by atoms with Crippen molar-refractivity contribution in [2.24, 2.45) is 5.41 Å². The predicted molar refractivity (Wildman–Crippen MR) is 128 cm³/mol. The average molecular weight is 476 g/mol. The molecule has 2 heterocycles. The highest BCUT2D eigenvalue weighted by molar-refractivity contribution is 7.83. The fourth-order valence-electron chi connectivity index (χ4n) is 4.21. The van der Waals surface area contributed by atoms with Crippen LogP contribution in [0.25, 0.3) is 0 Å². The Morgan fingerprint density at radius 1 is 1.30 bits per heavy atom. The number of rotatable bonds is 6. The number of esters is 1. The van der Waals surface area contributed by atoms with Gasteiger partial charge in [0.2, 0.25) is 0 Å². The highest BCUT2D eigenvalue weighted by Crippen LogP contribution is 2.43. The lowest BCUT2D eigenvalue weighted by molar-refractivity contribution is -0.148. The van der Waals surface area contributed by atoms with Gasteiger partial charge in [-0.2, -0.15) is 5.10 Å². The van der Waals surface area contributed by atoms with Crippen molar-refractivity contribution in [3.63, 3.8) is 0 Å². The van der Waals surface area contributed by atoms with Gasteiger partial charge in [0.15, 0.2) is 11.6 Å². The number of benzene rings is 1. The second-order valence-corrected chi connectivity index (χ2v) is 11.6. The summed E-state index contributed by atoms with van der Waals surface area (Å²) in [5.74, 6) is 0.993. The number of carbonyl (C=O) groups is 1. The van der Waals surface area contributed by atoms with Crippen molar-refractivity contribution in [3.8, 4) is 0 Å². The third-order valence-corrected chi connectivity index (χ3v) is 7.89. The highest BCUT2D eigenvalue weighted by Gasteiger charge is 2.31. The van der Waals surface area contributed by atoms with Gasteiger partial charge in [-0.25, -0.2) is 4.39 Å². The van der Waals surface area contributed by atoms with Crippen molar-refractivity contribution in [1.29, 1.82) is 0 Å². The van der Waals surface area contributed by atoms with Gasteiger partial charge >= 0.3 is 5.97 Å². The highest BCUT2D eigenvalue weighted by atomic mass is 32.2. The summed E-state index contributed by atoms with van der Waals surface area (Å²) in [6.07, 6.45) is 6.65. The minimum Gasteiger partial charge on any atom is -0.462 e.